The fourth-order valence-electron chi connectivity index (χ4n) is 3.53. The lowest BCUT2D eigenvalue weighted by molar-refractivity contribution is -0.122. The summed E-state index contributed by atoms with van der Waals surface area (Å²) in [5, 5.41) is 3.82. The number of amides is 1. The molecule has 1 amide bonds. The number of hydrogen-bond acceptors (Lipinski definition) is 4. The van der Waals surface area contributed by atoms with Crippen molar-refractivity contribution in [1.29, 1.82) is 0 Å². The lowest BCUT2D eigenvalue weighted by Crippen LogP contribution is -2.36. The number of aryl methyl sites for hydroxylation is 2. The molecular weight excluding hydrogens is 358 g/mol. The first-order chi connectivity index (χ1) is 13.0. The van der Waals surface area contributed by atoms with Crippen LogP contribution in [0.2, 0.25) is 0 Å². The predicted molar refractivity (Wildman–Crippen MR) is 109 cm³/mol. The first kappa shape index (κ1) is 19.7. The average Bonchev–Trinajstić information content (AvgIpc) is 3.03. The zero-order valence-corrected chi connectivity index (χ0v) is 17.0. The van der Waals surface area contributed by atoms with Crippen LogP contribution in [0.25, 0.3) is 0 Å². The molecule has 6 heteroatoms. The van der Waals surface area contributed by atoms with Crippen molar-refractivity contribution in [2.24, 2.45) is 0 Å². The van der Waals surface area contributed by atoms with Crippen molar-refractivity contribution in [2.45, 2.75) is 63.7 Å². The van der Waals surface area contributed by atoms with E-state index in [-0.39, 0.29) is 23.6 Å². The molecule has 1 aromatic heterocycles. The van der Waals surface area contributed by atoms with Gasteiger partial charge in [-0.25, -0.2) is 4.98 Å². The Bertz CT molecular complexity index is 864. The molecular formula is C21H27N3O2S. The SMILES string of the molecule is CCc1c(C)nc2n(c1=O)C(CC(=O)NC(C)CCc1ccccc1)CS2. The fourth-order valence-corrected chi connectivity index (χ4v) is 4.71. The Morgan fingerprint density at radius 1 is 1.37 bits per heavy atom. The van der Waals surface area contributed by atoms with Gasteiger partial charge in [-0.3, -0.25) is 14.2 Å². The van der Waals surface area contributed by atoms with E-state index in [1.807, 2.05) is 39.0 Å². The number of thioether (sulfide) groups is 1. The molecule has 1 aromatic carbocycles. The van der Waals surface area contributed by atoms with Crippen LogP contribution < -0.4 is 10.9 Å². The zero-order chi connectivity index (χ0) is 19.4. The maximum atomic E-state index is 12.8. The van der Waals surface area contributed by atoms with Crippen molar-refractivity contribution < 1.29 is 4.79 Å². The van der Waals surface area contributed by atoms with E-state index < -0.39 is 0 Å². The molecule has 0 aliphatic carbocycles. The van der Waals surface area contributed by atoms with Crippen molar-refractivity contribution in [3.8, 4) is 0 Å². The Balaban J connectivity index is 1.59. The molecule has 0 saturated heterocycles. The molecule has 27 heavy (non-hydrogen) atoms. The smallest absolute Gasteiger partial charge is 0.257 e. The van der Waals surface area contributed by atoms with Crippen LogP contribution in [0.5, 0.6) is 0 Å². The molecule has 144 valence electrons. The second-order valence-corrected chi connectivity index (χ2v) is 8.14. The quantitative estimate of drug-likeness (QED) is 0.743. The van der Waals surface area contributed by atoms with Crippen molar-refractivity contribution >= 4 is 17.7 Å². The predicted octanol–water partition coefficient (Wildman–Crippen LogP) is 3.29. The summed E-state index contributed by atoms with van der Waals surface area (Å²) < 4.78 is 1.73. The molecule has 1 N–H and O–H groups in total. The van der Waals surface area contributed by atoms with Gasteiger partial charge in [0.2, 0.25) is 5.91 Å². The number of carbonyl (C=O) groups excluding carboxylic acids is 1. The Morgan fingerprint density at radius 3 is 2.81 bits per heavy atom. The number of nitrogens with one attached hydrogen (secondary N) is 1. The molecule has 0 spiro atoms. The van der Waals surface area contributed by atoms with Gasteiger partial charge in [0, 0.05) is 29.5 Å². The molecule has 1 aliphatic heterocycles. The number of hydrogen-bond donors (Lipinski definition) is 1. The monoisotopic (exact) mass is 385 g/mol. The molecule has 2 heterocycles. The van der Waals surface area contributed by atoms with Crippen LogP contribution in [0.3, 0.4) is 0 Å². The van der Waals surface area contributed by atoms with Gasteiger partial charge in [-0.05, 0) is 38.7 Å². The normalized spacial score (nSPS) is 16.8. The topological polar surface area (TPSA) is 64.0 Å². The van der Waals surface area contributed by atoms with Gasteiger partial charge in [0.25, 0.3) is 5.56 Å². The van der Waals surface area contributed by atoms with Gasteiger partial charge in [-0.1, -0.05) is 49.0 Å². The van der Waals surface area contributed by atoms with E-state index in [1.165, 1.54) is 5.56 Å². The van der Waals surface area contributed by atoms with E-state index in [9.17, 15) is 9.59 Å². The van der Waals surface area contributed by atoms with E-state index in [0.717, 1.165) is 35.0 Å². The van der Waals surface area contributed by atoms with Gasteiger partial charge in [-0.15, -0.1) is 0 Å². The Morgan fingerprint density at radius 2 is 2.11 bits per heavy atom. The highest BCUT2D eigenvalue weighted by molar-refractivity contribution is 7.99. The number of carbonyl (C=O) groups is 1. The third-order valence-corrected chi connectivity index (χ3v) is 6.14. The minimum Gasteiger partial charge on any atom is -0.354 e. The van der Waals surface area contributed by atoms with Gasteiger partial charge in [0.15, 0.2) is 5.16 Å². The highest BCUT2D eigenvalue weighted by atomic mass is 32.2. The van der Waals surface area contributed by atoms with Crippen LogP contribution in [0.4, 0.5) is 0 Å². The van der Waals surface area contributed by atoms with Gasteiger partial charge < -0.3 is 5.32 Å². The number of nitrogens with zero attached hydrogens (tertiary/aromatic N) is 2. The molecule has 2 atom stereocenters. The zero-order valence-electron chi connectivity index (χ0n) is 16.2. The molecule has 0 bridgehead atoms. The van der Waals surface area contributed by atoms with Crippen LogP contribution >= 0.6 is 11.8 Å². The largest absolute Gasteiger partial charge is 0.354 e. The molecule has 2 aromatic rings. The number of benzene rings is 1. The summed E-state index contributed by atoms with van der Waals surface area (Å²) in [5.41, 5.74) is 2.85. The highest BCUT2D eigenvalue weighted by Gasteiger charge is 2.29. The van der Waals surface area contributed by atoms with Gasteiger partial charge in [0.1, 0.15) is 0 Å². The molecule has 0 fully saturated rings. The average molecular weight is 386 g/mol. The van der Waals surface area contributed by atoms with Crippen molar-refractivity contribution in [3.63, 3.8) is 0 Å². The van der Waals surface area contributed by atoms with Crippen molar-refractivity contribution in [3.05, 3.63) is 57.5 Å². The first-order valence-electron chi connectivity index (χ1n) is 9.57. The fraction of sp³-hybridized carbons (Fsp3) is 0.476. The van der Waals surface area contributed by atoms with E-state index in [2.05, 4.69) is 22.4 Å². The Hall–Kier alpha value is -2.08. The van der Waals surface area contributed by atoms with Crippen LogP contribution in [0.15, 0.2) is 40.3 Å². The lowest BCUT2D eigenvalue weighted by Gasteiger charge is -2.18. The minimum atomic E-state index is -0.114. The van der Waals surface area contributed by atoms with Gasteiger partial charge in [-0.2, -0.15) is 0 Å². The van der Waals surface area contributed by atoms with E-state index in [4.69, 9.17) is 0 Å². The van der Waals surface area contributed by atoms with Crippen LogP contribution in [0, 0.1) is 6.92 Å². The first-order valence-corrected chi connectivity index (χ1v) is 10.6. The molecule has 1 aliphatic rings. The summed E-state index contributed by atoms with van der Waals surface area (Å²) in [5.74, 6) is 0.722. The third kappa shape index (κ3) is 4.61. The molecule has 3 rings (SSSR count). The van der Waals surface area contributed by atoms with Gasteiger partial charge >= 0.3 is 0 Å². The maximum Gasteiger partial charge on any atom is 0.257 e. The Labute approximate surface area is 164 Å². The summed E-state index contributed by atoms with van der Waals surface area (Å²) in [6.45, 7) is 5.89. The number of fused-ring (bicyclic) bond motifs is 1. The standard InChI is InChI=1S/C21H27N3O2S/c1-4-18-15(3)23-21-24(20(18)26)17(13-27-21)12-19(25)22-14(2)10-11-16-8-6-5-7-9-16/h5-9,14,17H,4,10-13H2,1-3H3,(H,22,25). The highest BCUT2D eigenvalue weighted by Crippen LogP contribution is 2.32. The maximum absolute atomic E-state index is 12.8. The van der Waals surface area contributed by atoms with E-state index in [1.54, 1.807) is 16.3 Å². The Kier molecular flexibility index (Phi) is 6.37. The molecule has 0 radical (unpaired) electrons. The van der Waals surface area contributed by atoms with E-state index >= 15 is 0 Å². The van der Waals surface area contributed by atoms with Crippen LogP contribution in [0.1, 0.15) is 49.6 Å². The summed E-state index contributed by atoms with van der Waals surface area (Å²) in [4.78, 5) is 29.8. The summed E-state index contributed by atoms with van der Waals surface area (Å²) >= 11 is 1.56. The van der Waals surface area contributed by atoms with Crippen molar-refractivity contribution in [2.75, 3.05) is 5.75 Å². The number of rotatable bonds is 7. The summed E-state index contributed by atoms with van der Waals surface area (Å²) in [6.07, 6.45) is 2.82. The molecule has 2 unspecified atom stereocenters. The lowest BCUT2D eigenvalue weighted by atomic mass is 10.1. The number of aromatic nitrogens is 2. The molecule has 0 saturated carbocycles. The van der Waals surface area contributed by atoms with Crippen molar-refractivity contribution in [1.82, 2.24) is 14.9 Å². The second kappa shape index (κ2) is 8.74. The summed E-state index contributed by atoms with van der Waals surface area (Å²) in [7, 11) is 0. The van der Waals surface area contributed by atoms with Gasteiger partial charge in [0.05, 0.1) is 6.04 Å². The van der Waals surface area contributed by atoms with Crippen LogP contribution in [-0.4, -0.2) is 27.3 Å². The van der Waals surface area contributed by atoms with Crippen LogP contribution in [-0.2, 0) is 17.6 Å². The summed E-state index contributed by atoms with van der Waals surface area (Å²) in [6, 6.07) is 10.3. The van der Waals surface area contributed by atoms with E-state index in [0.29, 0.717) is 12.8 Å². The molecule has 5 nitrogen and oxygen atoms in total. The minimum absolute atomic E-state index is 0.000430. The third-order valence-electron chi connectivity index (χ3n) is 5.04. The second-order valence-electron chi connectivity index (χ2n) is 7.15.